The maximum atomic E-state index is 12.3. The van der Waals surface area contributed by atoms with Crippen LogP contribution in [0.1, 0.15) is 25.0 Å². The number of nitriles is 1. The van der Waals surface area contributed by atoms with E-state index in [1.165, 1.54) is 6.07 Å². The van der Waals surface area contributed by atoms with Crippen LogP contribution in [0.3, 0.4) is 0 Å². The van der Waals surface area contributed by atoms with Crippen LogP contribution in [-0.2, 0) is 10.5 Å². The Morgan fingerprint density at radius 3 is 2.82 bits per heavy atom. The zero-order valence-electron chi connectivity index (χ0n) is 12.2. The first kappa shape index (κ1) is 13.1. The van der Waals surface area contributed by atoms with Gasteiger partial charge in [-0.25, -0.2) is 0 Å². The van der Waals surface area contributed by atoms with Crippen LogP contribution in [0.25, 0.3) is 0 Å². The Morgan fingerprint density at radius 2 is 2.09 bits per heavy atom. The predicted octanol–water partition coefficient (Wildman–Crippen LogP) is 1.99. The number of rotatable bonds is 1. The standard InChI is InChI=1S/C17H14N2O3/c1-16(2)15-17(22-15,19-8-4-3-5-14(19)20)12-9-11(10-18)6-7-13(12)21-16/h3-9,15H,1-2H3/t15-,17+/m1/s1. The van der Waals surface area contributed by atoms with Gasteiger partial charge < -0.3 is 9.47 Å². The van der Waals surface area contributed by atoms with Gasteiger partial charge in [0, 0.05) is 12.3 Å². The zero-order valence-corrected chi connectivity index (χ0v) is 12.2. The minimum absolute atomic E-state index is 0.143. The summed E-state index contributed by atoms with van der Waals surface area (Å²) >= 11 is 0. The van der Waals surface area contributed by atoms with Crippen LogP contribution in [-0.4, -0.2) is 16.3 Å². The minimum atomic E-state index is -0.887. The molecule has 0 N–H and O–H groups in total. The van der Waals surface area contributed by atoms with Crippen molar-refractivity contribution in [2.75, 3.05) is 0 Å². The summed E-state index contributed by atoms with van der Waals surface area (Å²) in [5, 5.41) is 9.15. The van der Waals surface area contributed by atoms with E-state index < -0.39 is 11.3 Å². The normalized spacial score (nSPS) is 27.0. The van der Waals surface area contributed by atoms with E-state index in [2.05, 4.69) is 6.07 Å². The third-order valence-electron chi connectivity index (χ3n) is 4.28. The summed E-state index contributed by atoms with van der Waals surface area (Å²) in [7, 11) is 0. The molecule has 3 heterocycles. The molecule has 110 valence electrons. The number of hydrogen-bond acceptors (Lipinski definition) is 4. The second-order valence-electron chi connectivity index (χ2n) is 6.13. The highest BCUT2D eigenvalue weighted by molar-refractivity contribution is 5.51. The van der Waals surface area contributed by atoms with Gasteiger partial charge in [0.25, 0.3) is 5.56 Å². The Morgan fingerprint density at radius 1 is 1.27 bits per heavy atom. The SMILES string of the molecule is CC1(C)Oc2ccc(C#N)cc2[C@]2(n3ccccc3=O)O[C@H]12. The van der Waals surface area contributed by atoms with E-state index in [-0.39, 0.29) is 11.7 Å². The molecule has 0 aliphatic carbocycles. The fourth-order valence-electron chi connectivity index (χ4n) is 3.28. The van der Waals surface area contributed by atoms with Crippen LogP contribution in [0.15, 0.2) is 47.4 Å². The summed E-state index contributed by atoms with van der Waals surface area (Å²) in [6, 6.07) is 12.3. The molecule has 0 radical (unpaired) electrons. The number of fused-ring (bicyclic) bond motifs is 3. The largest absolute Gasteiger partial charge is 0.484 e. The van der Waals surface area contributed by atoms with Crippen molar-refractivity contribution < 1.29 is 9.47 Å². The maximum absolute atomic E-state index is 12.3. The third kappa shape index (κ3) is 1.53. The molecule has 1 aromatic carbocycles. The lowest BCUT2D eigenvalue weighted by molar-refractivity contribution is 0.0701. The van der Waals surface area contributed by atoms with Crippen LogP contribution in [0.4, 0.5) is 0 Å². The highest BCUT2D eigenvalue weighted by atomic mass is 16.7. The van der Waals surface area contributed by atoms with Crippen molar-refractivity contribution >= 4 is 0 Å². The van der Waals surface area contributed by atoms with Gasteiger partial charge in [0.2, 0.25) is 5.72 Å². The molecule has 2 aliphatic rings. The molecule has 4 rings (SSSR count). The van der Waals surface area contributed by atoms with Gasteiger partial charge in [-0.3, -0.25) is 9.36 Å². The topological polar surface area (TPSA) is 67.5 Å². The number of aromatic nitrogens is 1. The first-order valence-electron chi connectivity index (χ1n) is 7.09. The molecule has 0 unspecified atom stereocenters. The molecule has 2 aliphatic heterocycles. The van der Waals surface area contributed by atoms with Crippen LogP contribution in [0.2, 0.25) is 0 Å². The van der Waals surface area contributed by atoms with Gasteiger partial charge in [0.15, 0.2) is 6.10 Å². The second kappa shape index (κ2) is 3.99. The minimum Gasteiger partial charge on any atom is -0.484 e. The number of benzene rings is 1. The maximum Gasteiger partial charge on any atom is 0.253 e. The highest BCUT2D eigenvalue weighted by Crippen LogP contribution is 2.58. The molecule has 0 saturated carbocycles. The Labute approximate surface area is 127 Å². The quantitative estimate of drug-likeness (QED) is 0.754. The fourth-order valence-corrected chi connectivity index (χ4v) is 3.28. The molecule has 1 fully saturated rings. The molecular weight excluding hydrogens is 280 g/mol. The summed E-state index contributed by atoms with van der Waals surface area (Å²) in [6.45, 7) is 3.88. The Balaban J connectivity index is 2.01. The van der Waals surface area contributed by atoms with E-state index in [4.69, 9.17) is 14.7 Å². The summed E-state index contributed by atoms with van der Waals surface area (Å²) in [5.41, 5.74) is -0.349. The van der Waals surface area contributed by atoms with E-state index in [0.717, 1.165) is 5.56 Å². The zero-order chi connectivity index (χ0) is 15.5. The number of hydrogen-bond donors (Lipinski definition) is 0. The number of pyridine rings is 1. The third-order valence-corrected chi connectivity index (χ3v) is 4.28. The van der Waals surface area contributed by atoms with Gasteiger partial charge >= 0.3 is 0 Å². The van der Waals surface area contributed by atoms with Gasteiger partial charge in [-0.1, -0.05) is 6.07 Å². The molecular formula is C17H14N2O3. The summed E-state index contributed by atoms with van der Waals surface area (Å²) in [6.07, 6.45) is 1.44. The average molecular weight is 294 g/mol. The van der Waals surface area contributed by atoms with Crippen LogP contribution in [0, 0.1) is 11.3 Å². The van der Waals surface area contributed by atoms with Gasteiger partial charge in [-0.2, -0.15) is 5.26 Å². The van der Waals surface area contributed by atoms with Crippen LogP contribution in [0.5, 0.6) is 5.75 Å². The van der Waals surface area contributed by atoms with Crippen molar-refractivity contribution in [2.45, 2.75) is 31.3 Å². The smallest absolute Gasteiger partial charge is 0.253 e. The molecule has 2 atom stereocenters. The lowest BCUT2D eigenvalue weighted by Crippen LogP contribution is -2.46. The van der Waals surface area contributed by atoms with Gasteiger partial charge in [0.1, 0.15) is 11.4 Å². The number of nitrogens with zero attached hydrogens (tertiary/aromatic N) is 2. The van der Waals surface area contributed by atoms with E-state index >= 15 is 0 Å². The Bertz CT molecular complexity index is 878. The fraction of sp³-hybridized carbons (Fsp3) is 0.294. The van der Waals surface area contributed by atoms with E-state index in [0.29, 0.717) is 11.3 Å². The number of ether oxygens (including phenoxy) is 2. The molecule has 22 heavy (non-hydrogen) atoms. The van der Waals surface area contributed by atoms with Crippen molar-refractivity contribution in [3.8, 4) is 11.8 Å². The first-order chi connectivity index (χ1) is 10.5. The molecule has 1 aromatic heterocycles. The van der Waals surface area contributed by atoms with Crippen molar-refractivity contribution in [2.24, 2.45) is 0 Å². The van der Waals surface area contributed by atoms with E-state index in [9.17, 15) is 4.79 Å². The molecule has 5 nitrogen and oxygen atoms in total. The Hall–Kier alpha value is -2.58. The van der Waals surface area contributed by atoms with E-state index in [1.54, 1.807) is 41.1 Å². The molecule has 2 aromatic rings. The van der Waals surface area contributed by atoms with Gasteiger partial charge in [-0.15, -0.1) is 0 Å². The summed E-state index contributed by atoms with van der Waals surface area (Å²) in [5.74, 6) is 0.647. The average Bonchev–Trinajstić information content (AvgIpc) is 3.25. The molecule has 1 saturated heterocycles. The van der Waals surface area contributed by atoms with Crippen LogP contribution >= 0.6 is 0 Å². The van der Waals surface area contributed by atoms with Crippen LogP contribution < -0.4 is 10.3 Å². The van der Waals surface area contributed by atoms with Gasteiger partial charge in [0.05, 0.1) is 17.2 Å². The lowest BCUT2D eigenvalue weighted by Gasteiger charge is -2.34. The second-order valence-corrected chi connectivity index (χ2v) is 6.13. The molecule has 0 amide bonds. The van der Waals surface area contributed by atoms with Crippen molar-refractivity contribution in [1.82, 2.24) is 4.57 Å². The molecule has 0 spiro atoms. The Kier molecular flexibility index (Phi) is 2.38. The highest BCUT2D eigenvalue weighted by Gasteiger charge is 2.70. The van der Waals surface area contributed by atoms with E-state index in [1.807, 2.05) is 13.8 Å². The van der Waals surface area contributed by atoms with Crippen molar-refractivity contribution in [1.29, 1.82) is 5.26 Å². The van der Waals surface area contributed by atoms with Crippen molar-refractivity contribution in [3.63, 3.8) is 0 Å². The molecule has 5 heteroatoms. The van der Waals surface area contributed by atoms with Gasteiger partial charge in [-0.05, 0) is 38.1 Å². The number of epoxide rings is 1. The predicted molar refractivity (Wildman–Crippen MR) is 78.5 cm³/mol. The van der Waals surface area contributed by atoms with Crippen molar-refractivity contribution in [3.05, 3.63) is 64.1 Å². The first-order valence-corrected chi connectivity index (χ1v) is 7.09. The summed E-state index contributed by atoms with van der Waals surface area (Å²) < 4.78 is 13.6. The molecule has 0 bridgehead atoms. The summed E-state index contributed by atoms with van der Waals surface area (Å²) in [4.78, 5) is 12.3. The monoisotopic (exact) mass is 294 g/mol. The lowest BCUT2D eigenvalue weighted by atomic mass is 9.88.